The van der Waals surface area contributed by atoms with Crippen LogP contribution in [-0.2, 0) is 19.0 Å². The Kier molecular flexibility index (Phi) is 7.30. The number of methoxy groups -OCH3 is 2. The molecule has 5 heteroatoms. The molecular weight excluding hydrogens is 404 g/mol. The molecule has 4 rings (SSSR count). The highest BCUT2D eigenvalue weighted by atomic mass is 16.7. The topological polar surface area (TPSA) is 65.0 Å². The molecule has 10 atom stereocenters. The Bertz CT molecular complexity index is 666. The summed E-state index contributed by atoms with van der Waals surface area (Å²) in [6, 6.07) is 0. The standard InChI is InChI=1S/C27H46O5/c1-17(6-9-24(29)31-5)20-7-8-21-25-22(11-13-27(20,21)3)26(2)12-10-19(28)14-18(26)15-23(25)32-16-30-4/h17-23,25,28H,6-16H2,1-5H3/t17-,18+,19-,20-,21?,22?,23?,25?,26+,27-/m1/s1. The normalized spacial score (nSPS) is 46.6. The number of aliphatic hydroxyl groups excluding tert-OH is 1. The predicted molar refractivity (Wildman–Crippen MR) is 124 cm³/mol. The SMILES string of the molecule is COCOC1C[C@@H]2C[C@H](O)CC[C@]2(C)C2CC[C@@]3(C)C(CC[C@@H]3[C@H](C)CCC(=O)OC)C12. The number of carbonyl (C=O) groups is 1. The minimum Gasteiger partial charge on any atom is -0.469 e. The summed E-state index contributed by atoms with van der Waals surface area (Å²) in [6.45, 7) is 7.80. The first-order chi connectivity index (χ1) is 15.2. The number of fused-ring (bicyclic) bond motifs is 5. The highest BCUT2D eigenvalue weighted by Crippen LogP contribution is 2.68. The van der Waals surface area contributed by atoms with Gasteiger partial charge in [0.05, 0.1) is 19.3 Å². The second-order valence-electron chi connectivity index (χ2n) is 12.1. The molecule has 0 spiro atoms. The van der Waals surface area contributed by atoms with Crippen LogP contribution in [0.25, 0.3) is 0 Å². The van der Waals surface area contributed by atoms with E-state index in [2.05, 4.69) is 20.8 Å². The molecule has 4 aliphatic carbocycles. The van der Waals surface area contributed by atoms with Crippen LogP contribution < -0.4 is 0 Å². The molecule has 4 aliphatic rings. The summed E-state index contributed by atoms with van der Waals surface area (Å²) >= 11 is 0. The van der Waals surface area contributed by atoms with E-state index < -0.39 is 0 Å². The van der Waals surface area contributed by atoms with Crippen molar-refractivity contribution in [1.82, 2.24) is 0 Å². The van der Waals surface area contributed by atoms with Crippen molar-refractivity contribution in [1.29, 1.82) is 0 Å². The molecule has 1 N–H and O–H groups in total. The van der Waals surface area contributed by atoms with Crippen LogP contribution in [0.5, 0.6) is 0 Å². The fourth-order valence-electron chi connectivity index (χ4n) is 9.13. The summed E-state index contributed by atoms with van der Waals surface area (Å²) in [4.78, 5) is 11.7. The van der Waals surface area contributed by atoms with Crippen molar-refractivity contribution in [3.05, 3.63) is 0 Å². The van der Waals surface area contributed by atoms with Crippen molar-refractivity contribution >= 4 is 5.97 Å². The minimum atomic E-state index is -0.145. The summed E-state index contributed by atoms with van der Waals surface area (Å²) in [5, 5.41) is 10.4. The van der Waals surface area contributed by atoms with E-state index in [-0.39, 0.29) is 18.2 Å². The first kappa shape index (κ1) is 24.5. The molecule has 5 nitrogen and oxygen atoms in total. The van der Waals surface area contributed by atoms with Crippen LogP contribution in [0, 0.1) is 46.3 Å². The van der Waals surface area contributed by atoms with Gasteiger partial charge in [-0.2, -0.15) is 0 Å². The maximum Gasteiger partial charge on any atom is 0.305 e. The van der Waals surface area contributed by atoms with Crippen LogP contribution in [0.1, 0.15) is 85.0 Å². The van der Waals surface area contributed by atoms with Gasteiger partial charge in [-0.1, -0.05) is 20.8 Å². The van der Waals surface area contributed by atoms with E-state index in [1.165, 1.54) is 32.8 Å². The number of aliphatic hydroxyl groups is 1. The molecule has 4 fully saturated rings. The van der Waals surface area contributed by atoms with E-state index >= 15 is 0 Å². The van der Waals surface area contributed by atoms with Crippen molar-refractivity contribution in [3.63, 3.8) is 0 Å². The first-order valence-electron chi connectivity index (χ1n) is 13.1. The summed E-state index contributed by atoms with van der Waals surface area (Å²) < 4.78 is 16.7. The largest absolute Gasteiger partial charge is 0.469 e. The third kappa shape index (κ3) is 4.15. The quantitative estimate of drug-likeness (QED) is 0.427. The minimum absolute atomic E-state index is 0.0842. The molecule has 0 heterocycles. The van der Waals surface area contributed by atoms with Crippen LogP contribution in [0.2, 0.25) is 0 Å². The van der Waals surface area contributed by atoms with Gasteiger partial charge in [-0.05, 0) is 104 Å². The molecule has 4 unspecified atom stereocenters. The lowest BCUT2D eigenvalue weighted by Crippen LogP contribution is -2.59. The maximum atomic E-state index is 11.7. The number of carbonyl (C=O) groups excluding carboxylic acids is 1. The molecule has 0 aliphatic heterocycles. The molecular formula is C27H46O5. The fourth-order valence-corrected chi connectivity index (χ4v) is 9.13. The molecule has 0 aromatic carbocycles. The van der Waals surface area contributed by atoms with Crippen molar-refractivity contribution in [2.45, 2.75) is 97.2 Å². The number of rotatable bonds is 7. The second-order valence-corrected chi connectivity index (χ2v) is 12.1. The van der Waals surface area contributed by atoms with E-state index in [4.69, 9.17) is 14.2 Å². The van der Waals surface area contributed by atoms with Gasteiger partial charge in [-0.15, -0.1) is 0 Å². The van der Waals surface area contributed by atoms with E-state index in [0.29, 0.717) is 59.6 Å². The van der Waals surface area contributed by atoms with Crippen molar-refractivity contribution in [2.24, 2.45) is 46.3 Å². The van der Waals surface area contributed by atoms with E-state index in [9.17, 15) is 9.90 Å². The van der Waals surface area contributed by atoms with E-state index in [1.807, 2.05) is 0 Å². The third-order valence-electron chi connectivity index (χ3n) is 10.8. The Morgan fingerprint density at radius 3 is 2.47 bits per heavy atom. The zero-order chi connectivity index (χ0) is 23.1. The fraction of sp³-hybridized carbons (Fsp3) is 0.963. The van der Waals surface area contributed by atoms with Gasteiger partial charge in [0.25, 0.3) is 0 Å². The van der Waals surface area contributed by atoms with Gasteiger partial charge in [-0.25, -0.2) is 0 Å². The first-order valence-corrected chi connectivity index (χ1v) is 13.1. The van der Waals surface area contributed by atoms with E-state index in [0.717, 1.165) is 32.1 Å². The molecule has 184 valence electrons. The molecule has 0 radical (unpaired) electrons. The Morgan fingerprint density at radius 2 is 1.75 bits per heavy atom. The highest BCUT2D eigenvalue weighted by Gasteiger charge is 2.63. The average molecular weight is 451 g/mol. The summed E-state index contributed by atoms with van der Waals surface area (Å²) in [5.41, 5.74) is 0.648. The van der Waals surface area contributed by atoms with Gasteiger partial charge in [0.15, 0.2) is 0 Å². The molecule has 0 bridgehead atoms. The molecule has 0 aromatic heterocycles. The zero-order valence-electron chi connectivity index (χ0n) is 21.0. The number of hydrogen-bond acceptors (Lipinski definition) is 5. The molecule has 0 aromatic rings. The smallest absolute Gasteiger partial charge is 0.305 e. The van der Waals surface area contributed by atoms with Crippen LogP contribution in [0.3, 0.4) is 0 Å². The summed E-state index contributed by atoms with van der Waals surface area (Å²) in [7, 11) is 3.21. The Balaban J connectivity index is 1.57. The van der Waals surface area contributed by atoms with Gasteiger partial charge in [0, 0.05) is 13.5 Å². The molecule has 0 saturated heterocycles. The highest BCUT2D eigenvalue weighted by molar-refractivity contribution is 5.69. The van der Waals surface area contributed by atoms with Gasteiger partial charge in [-0.3, -0.25) is 4.79 Å². The van der Waals surface area contributed by atoms with Crippen LogP contribution in [0.4, 0.5) is 0 Å². The number of esters is 1. The van der Waals surface area contributed by atoms with Crippen LogP contribution >= 0.6 is 0 Å². The Morgan fingerprint density at radius 1 is 1.03 bits per heavy atom. The van der Waals surface area contributed by atoms with Gasteiger partial charge >= 0.3 is 5.97 Å². The molecule has 4 saturated carbocycles. The lowest BCUT2D eigenvalue weighted by Gasteiger charge is -2.63. The van der Waals surface area contributed by atoms with Crippen molar-refractivity contribution in [2.75, 3.05) is 21.0 Å². The Hall–Kier alpha value is -0.650. The number of ether oxygens (including phenoxy) is 3. The molecule has 32 heavy (non-hydrogen) atoms. The van der Waals surface area contributed by atoms with Crippen molar-refractivity contribution in [3.8, 4) is 0 Å². The average Bonchev–Trinajstić information content (AvgIpc) is 3.13. The van der Waals surface area contributed by atoms with Gasteiger partial charge < -0.3 is 19.3 Å². The van der Waals surface area contributed by atoms with E-state index in [1.54, 1.807) is 7.11 Å². The van der Waals surface area contributed by atoms with Crippen LogP contribution in [0.15, 0.2) is 0 Å². The summed E-state index contributed by atoms with van der Waals surface area (Å²) in [6.07, 6.45) is 10.7. The lowest BCUT2D eigenvalue weighted by atomic mass is 9.43. The lowest BCUT2D eigenvalue weighted by molar-refractivity contribution is -0.207. The Labute approximate surface area is 195 Å². The maximum absolute atomic E-state index is 11.7. The number of hydrogen-bond donors (Lipinski definition) is 1. The van der Waals surface area contributed by atoms with Crippen molar-refractivity contribution < 1.29 is 24.1 Å². The monoisotopic (exact) mass is 450 g/mol. The predicted octanol–water partition coefficient (Wildman–Crippen LogP) is 5.19. The van der Waals surface area contributed by atoms with Gasteiger partial charge in [0.2, 0.25) is 0 Å². The third-order valence-corrected chi connectivity index (χ3v) is 10.8. The van der Waals surface area contributed by atoms with Crippen LogP contribution in [-0.4, -0.2) is 44.3 Å². The van der Waals surface area contributed by atoms with Gasteiger partial charge in [0.1, 0.15) is 6.79 Å². The molecule has 0 amide bonds. The summed E-state index contributed by atoms with van der Waals surface area (Å²) in [5.74, 6) is 3.61. The second kappa shape index (κ2) is 9.54. The zero-order valence-corrected chi connectivity index (χ0v) is 21.0.